The Kier molecular flexibility index (Phi) is 13.3. The monoisotopic (exact) mass is 1000 g/mol. The second-order valence-corrected chi connectivity index (χ2v) is 21.4. The molecule has 5 fully saturated rings. The Bertz CT molecular complexity index is 2840. The number of methoxy groups -OCH3 is 1. The van der Waals surface area contributed by atoms with Gasteiger partial charge in [-0.25, -0.2) is 9.59 Å². The third-order valence-electron chi connectivity index (χ3n) is 17.3. The number of likely N-dealkylation sites (tertiary alicyclic amines) is 1. The number of benzene rings is 3. The van der Waals surface area contributed by atoms with E-state index in [-0.39, 0.29) is 24.3 Å². The van der Waals surface area contributed by atoms with Crippen LogP contribution in [0.4, 0.5) is 0 Å². The molecule has 6 heterocycles. The summed E-state index contributed by atoms with van der Waals surface area (Å²) in [4.78, 5) is 72.4. The zero-order valence-electron chi connectivity index (χ0n) is 41.7. The molecule has 18 nitrogen and oxygen atoms in total. The number of aliphatic hydroxyl groups excluding tert-OH is 2. The Morgan fingerprint density at radius 1 is 0.890 bits per heavy atom. The number of nitrogens with one attached hydrogen (secondary N) is 2. The molecule has 5 aliphatic heterocycles. The quantitative estimate of drug-likeness (QED) is 0.134. The first-order chi connectivity index (χ1) is 34.9. The minimum absolute atomic E-state index is 0.144. The second kappa shape index (κ2) is 19.3. The summed E-state index contributed by atoms with van der Waals surface area (Å²) in [6.45, 7) is 3.71. The summed E-state index contributed by atoms with van der Waals surface area (Å²) in [5.74, 6) is -5.39. The third-order valence-corrected chi connectivity index (χ3v) is 17.3. The van der Waals surface area contributed by atoms with Gasteiger partial charge in [-0.05, 0) is 130 Å². The van der Waals surface area contributed by atoms with Crippen LogP contribution in [0, 0.1) is 11.8 Å². The number of hydrogen-bond acceptors (Lipinski definition) is 12. The van der Waals surface area contributed by atoms with Crippen LogP contribution in [0.1, 0.15) is 79.7 Å². The van der Waals surface area contributed by atoms with Gasteiger partial charge in [0.25, 0.3) is 11.8 Å². The van der Waals surface area contributed by atoms with Crippen LogP contribution in [0.25, 0.3) is 16.5 Å². The van der Waals surface area contributed by atoms with Gasteiger partial charge >= 0.3 is 11.9 Å². The summed E-state index contributed by atoms with van der Waals surface area (Å²) in [5, 5.41) is 48.6. The molecule has 11 atom stereocenters. The Labute approximate surface area is 423 Å². The van der Waals surface area contributed by atoms with Crippen LogP contribution in [0.3, 0.4) is 0 Å². The zero-order valence-corrected chi connectivity index (χ0v) is 41.7. The zero-order chi connectivity index (χ0) is 51.7. The lowest BCUT2D eigenvalue weighted by Gasteiger charge is -2.58. The summed E-state index contributed by atoms with van der Waals surface area (Å²) in [7, 11) is 6.14. The SMILES string of the molecule is CN1C[C@H](C(=O)N[C@]2(C)O[C@@]3(O)[C@@H]4CCCN4C(=O)[C@H](Cc4ccccc4)N3C2=O)C=C2c3cccc4[nH]cc(c34)C[C@H]21.COc1ccc2c(c1)[C@]13CCCC[C@@H]1[C@H](C2)N(C)CC3.O=C(O)C(O)C(O)C(=O)O. The van der Waals surface area contributed by atoms with Gasteiger partial charge in [-0.3, -0.25) is 28.9 Å². The number of carboxylic acid groups (broad SMARTS) is 2. The van der Waals surface area contributed by atoms with Gasteiger partial charge in [0, 0.05) is 54.1 Å². The minimum Gasteiger partial charge on any atom is -0.497 e. The first-order valence-corrected chi connectivity index (χ1v) is 25.5. The number of ether oxygens (including phenoxy) is 2. The number of carboxylic acids is 2. The van der Waals surface area contributed by atoms with Gasteiger partial charge < -0.3 is 50.4 Å². The number of aliphatic carboxylic acids is 2. The van der Waals surface area contributed by atoms with Crippen molar-refractivity contribution in [3.8, 4) is 5.75 Å². The molecule has 3 aromatic carbocycles. The van der Waals surface area contributed by atoms with Gasteiger partial charge in [0.2, 0.25) is 17.5 Å². The van der Waals surface area contributed by atoms with E-state index in [4.69, 9.17) is 29.9 Å². The topological polar surface area (TPSA) is 246 Å². The fourth-order valence-electron chi connectivity index (χ4n) is 13.7. The van der Waals surface area contributed by atoms with E-state index >= 15 is 0 Å². The van der Waals surface area contributed by atoms with Gasteiger partial charge in [0.15, 0.2) is 12.2 Å². The molecule has 4 saturated heterocycles. The standard InChI is InChI=1S/C33H35N5O5.C18H25NO.C4H6O6/c1-32(35-29(39)21-15-23-22-10-6-11-24-28(22)20(17-34-24)16-25(23)36(2)18-21)31(41)38-26(14-19-8-4-3-5-9-19)30(40)37-13-7-12-27(37)33(38,42)43-32;1-19-10-9-18-8-4-3-5-15(18)17(19)11-13-6-7-14(20-2)12-16(13)18;5-1(3(7)8)2(6)4(9)10/h3-6,8-11,15,17,21,25-27,34,42H,7,12-14,16,18H2,1-2H3,(H,35,39);6-7,12,15,17H,3-5,8-11H2,1-2H3;1-2,5-6H,(H,7,8)(H,9,10)/t21-,25-,26+,27+,32-,33+;15-,17+,18+;/m11./s1. The molecule has 3 amide bonds. The number of nitrogens with zero attached hydrogens (tertiary/aromatic N) is 4. The first-order valence-electron chi connectivity index (χ1n) is 25.5. The predicted octanol–water partition coefficient (Wildman–Crippen LogP) is 3.25. The summed E-state index contributed by atoms with van der Waals surface area (Å²) < 4.78 is 11.7. The summed E-state index contributed by atoms with van der Waals surface area (Å²) in [6.07, 6.45) is 10.1. The molecule has 1 saturated carbocycles. The molecular formula is C55H66N6O12. The fourth-order valence-corrected chi connectivity index (χ4v) is 13.7. The fraction of sp³-hybridized carbons (Fsp3) is 0.509. The van der Waals surface area contributed by atoms with Crippen molar-refractivity contribution in [2.45, 2.75) is 125 Å². The van der Waals surface area contributed by atoms with Gasteiger partial charge in [-0.1, -0.05) is 67.4 Å². The summed E-state index contributed by atoms with van der Waals surface area (Å²) >= 11 is 0. The van der Waals surface area contributed by atoms with Crippen molar-refractivity contribution in [3.63, 3.8) is 0 Å². The highest BCUT2D eigenvalue weighted by molar-refractivity contribution is 6.01. The number of hydrogen-bond donors (Lipinski definition) is 7. The number of H-pyrrole nitrogens is 1. The lowest BCUT2D eigenvalue weighted by atomic mass is 9.52. The maximum Gasteiger partial charge on any atom is 0.335 e. The van der Waals surface area contributed by atoms with Crippen LogP contribution in [0.2, 0.25) is 0 Å². The smallest absolute Gasteiger partial charge is 0.335 e. The van der Waals surface area contributed by atoms with E-state index in [1.54, 1.807) is 23.1 Å². The molecule has 3 aliphatic carbocycles. The van der Waals surface area contributed by atoms with Gasteiger partial charge in [0.05, 0.1) is 13.0 Å². The Morgan fingerprint density at radius 2 is 1.64 bits per heavy atom. The predicted molar refractivity (Wildman–Crippen MR) is 267 cm³/mol. The molecule has 12 rings (SSSR count). The molecule has 4 aromatic rings. The van der Waals surface area contributed by atoms with Crippen LogP contribution >= 0.6 is 0 Å². The van der Waals surface area contributed by atoms with Crippen molar-refractivity contribution in [3.05, 3.63) is 107 Å². The van der Waals surface area contributed by atoms with Crippen LogP contribution < -0.4 is 10.1 Å². The number of rotatable bonds is 8. The minimum atomic E-state index is -2.27. The van der Waals surface area contributed by atoms with E-state index in [2.05, 4.69) is 63.7 Å². The number of likely N-dealkylation sites (N-methyl/N-ethyl adjacent to an activating group) is 2. The number of fused-ring (bicyclic) bond motifs is 6. The van der Waals surface area contributed by atoms with E-state index in [1.807, 2.05) is 49.5 Å². The highest BCUT2D eigenvalue weighted by atomic mass is 16.7. The molecule has 8 aliphatic rings. The van der Waals surface area contributed by atoms with Crippen molar-refractivity contribution in [2.24, 2.45) is 11.8 Å². The van der Waals surface area contributed by atoms with Crippen LogP contribution in [-0.4, -0.2) is 169 Å². The lowest BCUT2D eigenvalue weighted by Crippen LogP contribution is -2.71. The normalized spacial score (nSPS) is 31.7. The Hall–Kier alpha value is -6.15. The van der Waals surface area contributed by atoms with E-state index < -0.39 is 59.7 Å². The van der Waals surface area contributed by atoms with Crippen LogP contribution in [-0.2, 0) is 53.4 Å². The van der Waals surface area contributed by atoms with E-state index in [1.165, 1.54) is 67.8 Å². The highest BCUT2D eigenvalue weighted by Gasteiger charge is 2.70. The average molecular weight is 1000 g/mol. The van der Waals surface area contributed by atoms with Crippen LogP contribution in [0.5, 0.6) is 5.75 Å². The number of aliphatic hydroxyl groups is 3. The van der Waals surface area contributed by atoms with Crippen molar-refractivity contribution in [1.82, 2.24) is 29.9 Å². The van der Waals surface area contributed by atoms with Crippen molar-refractivity contribution < 1.29 is 59.0 Å². The summed E-state index contributed by atoms with van der Waals surface area (Å²) in [6, 6.07) is 21.7. The van der Waals surface area contributed by atoms with E-state index in [0.717, 1.165) is 46.3 Å². The van der Waals surface area contributed by atoms with Crippen molar-refractivity contribution in [2.75, 3.05) is 40.8 Å². The number of piperidine rings is 1. The van der Waals surface area contributed by atoms with E-state index in [9.17, 15) is 29.1 Å². The molecule has 2 bridgehead atoms. The average Bonchev–Trinajstić information content (AvgIpc) is 4.11. The lowest BCUT2D eigenvalue weighted by molar-refractivity contribution is -0.315. The van der Waals surface area contributed by atoms with Crippen molar-refractivity contribution >= 4 is 46.1 Å². The van der Waals surface area contributed by atoms with E-state index in [0.29, 0.717) is 31.3 Å². The molecule has 2 unspecified atom stereocenters. The van der Waals surface area contributed by atoms with Crippen molar-refractivity contribution in [1.29, 1.82) is 0 Å². The molecule has 0 radical (unpaired) electrons. The molecule has 388 valence electrons. The molecule has 0 spiro atoms. The Morgan fingerprint density at radius 3 is 2.37 bits per heavy atom. The largest absolute Gasteiger partial charge is 0.497 e. The second-order valence-electron chi connectivity index (χ2n) is 21.4. The molecule has 18 heteroatoms. The maximum absolute atomic E-state index is 14.2. The van der Waals surface area contributed by atoms with Gasteiger partial charge in [-0.2, -0.15) is 0 Å². The Balaban J connectivity index is 0.000000167. The third kappa shape index (κ3) is 8.58. The molecule has 1 aromatic heterocycles. The molecular weight excluding hydrogens is 937 g/mol. The highest BCUT2D eigenvalue weighted by Crippen LogP contribution is 2.56. The number of aromatic nitrogens is 1. The number of carbonyl (C=O) groups is 5. The first kappa shape index (κ1) is 50.4. The number of carbonyl (C=O) groups excluding carboxylic acids is 3. The number of aromatic amines is 1. The van der Waals surface area contributed by atoms with Crippen LogP contribution in [0.15, 0.2) is 79.0 Å². The number of amides is 3. The molecule has 7 N–H and O–H groups in total. The van der Waals surface area contributed by atoms with Gasteiger partial charge in [0.1, 0.15) is 17.8 Å². The number of piperazine rings is 1. The summed E-state index contributed by atoms with van der Waals surface area (Å²) in [5.41, 5.74) is 7.25. The maximum atomic E-state index is 14.2. The van der Waals surface area contributed by atoms with Gasteiger partial charge in [-0.15, -0.1) is 0 Å². The molecule has 73 heavy (non-hydrogen) atoms.